The topological polar surface area (TPSA) is 71.9 Å². The summed E-state index contributed by atoms with van der Waals surface area (Å²) in [6.07, 6.45) is 0. The molecule has 2 rings (SSSR count). The zero-order valence-corrected chi connectivity index (χ0v) is 9.34. The maximum absolute atomic E-state index is 8.82. The van der Waals surface area contributed by atoms with E-state index in [1.54, 1.807) is 30.3 Å². The molecule has 0 aliphatic rings. The minimum Gasteiger partial charge on any atom is -0.439 e. The lowest BCUT2D eigenvalue weighted by molar-refractivity contribution is 0.460. The molecule has 0 fully saturated rings. The van der Waals surface area contributed by atoms with Crippen LogP contribution < -0.4 is 10.5 Å². The lowest BCUT2D eigenvalue weighted by atomic mass is 10.1. The van der Waals surface area contributed by atoms with E-state index in [1.807, 2.05) is 13.0 Å². The van der Waals surface area contributed by atoms with E-state index >= 15 is 0 Å². The fourth-order valence-corrected chi connectivity index (χ4v) is 1.38. The summed E-state index contributed by atoms with van der Waals surface area (Å²) in [5.74, 6) is 1.43. The van der Waals surface area contributed by atoms with Crippen LogP contribution in [0.5, 0.6) is 11.6 Å². The number of hydrogen-bond acceptors (Lipinski definition) is 4. The van der Waals surface area contributed by atoms with E-state index in [4.69, 9.17) is 15.7 Å². The molecule has 84 valence electrons. The Morgan fingerprint density at radius 2 is 2.12 bits per heavy atom. The van der Waals surface area contributed by atoms with Crippen LogP contribution in [0.2, 0.25) is 0 Å². The zero-order valence-electron chi connectivity index (χ0n) is 9.34. The van der Waals surface area contributed by atoms with Crippen LogP contribution in [0, 0.1) is 18.3 Å². The summed E-state index contributed by atoms with van der Waals surface area (Å²) >= 11 is 0. The number of aryl methyl sites for hydroxylation is 1. The number of benzene rings is 1. The van der Waals surface area contributed by atoms with Gasteiger partial charge in [-0.3, -0.25) is 0 Å². The Labute approximate surface area is 99.3 Å². The van der Waals surface area contributed by atoms with Gasteiger partial charge in [0.2, 0.25) is 5.88 Å². The van der Waals surface area contributed by atoms with Gasteiger partial charge in [-0.2, -0.15) is 10.2 Å². The molecule has 0 amide bonds. The van der Waals surface area contributed by atoms with E-state index in [0.717, 1.165) is 5.56 Å². The first-order valence-corrected chi connectivity index (χ1v) is 5.10. The lowest BCUT2D eigenvalue weighted by Crippen LogP contribution is -1.94. The predicted molar refractivity (Wildman–Crippen MR) is 64.6 cm³/mol. The first-order chi connectivity index (χ1) is 8.19. The van der Waals surface area contributed by atoms with Gasteiger partial charge in [0.25, 0.3) is 0 Å². The van der Waals surface area contributed by atoms with Crippen molar-refractivity contribution in [3.05, 3.63) is 47.5 Å². The van der Waals surface area contributed by atoms with Crippen LogP contribution in [0.3, 0.4) is 0 Å². The molecule has 0 aliphatic heterocycles. The Bertz CT molecular complexity index is 587. The van der Waals surface area contributed by atoms with Gasteiger partial charge in [0.05, 0.1) is 11.6 Å². The maximum Gasteiger partial charge on any atom is 0.221 e. The summed E-state index contributed by atoms with van der Waals surface area (Å²) in [4.78, 5) is 4.04. The highest BCUT2D eigenvalue weighted by atomic mass is 16.5. The number of nitrogens with two attached hydrogens (primary N) is 1. The molecule has 0 bridgehead atoms. The number of anilines is 1. The van der Waals surface area contributed by atoms with Crippen molar-refractivity contribution in [2.75, 3.05) is 5.73 Å². The van der Waals surface area contributed by atoms with Crippen LogP contribution in [0.25, 0.3) is 0 Å². The fraction of sp³-hybridized carbons (Fsp3) is 0.0769. The normalized spacial score (nSPS) is 9.65. The van der Waals surface area contributed by atoms with Crippen LogP contribution >= 0.6 is 0 Å². The van der Waals surface area contributed by atoms with Gasteiger partial charge in [-0.25, -0.2) is 0 Å². The Kier molecular flexibility index (Phi) is 2.93. The summed E-state index contributed by atoms with van der Waals surface area (Å²) in [5, 5.41) is 8.82. The summed E-state index contributed by atoms with van der Waals surface area (Å²) < 4.78 is 5.59. The van der Waals surface area contributed by atoms with Crippen molar-refractivity contribution in [2.24, 2.45) is 0 Å². The third-order valence-electron chi connectivity index (χ3n) is 2.28. The minimum atomic E-state index is 0.400. The number of pyridine rings is 1. The maximum atomic E-state index is 8.82. The van der Waals surface area contributed by atoms with Gasteiger partial charge >= 0.3 is 0 Å². The van der Waals surface area contributed by atoms with Crippen molar-refractivity contribution in [1.29, 1.82) is 5.26 Å². The predicted octanol–water partition coefficient (Wildman–Crippen LogP) is 2.64. The molecule has 4 nitrogen and oxygen atoms in total. The third kappa shape index (κ3) is 2.52. The Morgan fingerprint density at radius 1 is 1.29 bits per heavy atom. The zero-order chi connectivity index (χ0) is 12.3. The molecule has 1 aromatic heterocycles. The highest BCUT2D eigenvalue weighted by molar-refractivity contribution is 5.43. The largest absolute Gasteiger partial charge is 0.439 e. The number of nitriles is 1. The van der Waals surface area contributed by atoms with Crippen molar-refractivity contribution < 1.29 is 4.74 Å². The Balaban J connectivity index is 2.33. The van der Waals surface area contributed by atoms with Crippen molar-refractivity contribution in [2.45, 2.75) is 6.92 Å². The average Bonchev–Trinajstić information content (AvgIpc) is 2.32. The molecule has 0 atom stereocenters. The number of hydrogen-bond donors (Lipinski definition) is 1. The van der Waals surface area contributed by atoms with E-state index < -0.39 is 0 Å². The summed E-state index contributed by atoms with van der Waals surface area (Å²) in [6.45, 7) is 1.91. The molecule has 0 unspecified atom stereocenters. The van der Waals surface area contributed by atoms with Crippen molar-refractivity contribution in [3.8, 4) is 17.7 Å². The van der Waals surface area contributed by atoms with Gasteiger partial charge in [0.15, 0.2) is 0 Å². The van der Waals surface area contributed by atoms with Crippen molar-refractivity contribution >= 4 is 5.82 Å². The first kappa shape index (κ1) is 11.0. The number of rotatable bonds is 2. The van der Waals surface area contributed by atoms with Crippen molar-refractivity contribution in [1.82, 2.24) is 4.98 Å². The monoisotopic (exact) mass is 225 g/mol. The van der Waals surface area contributed by atoms with E-state index in [9.17, 15) is 0 Å². The van der Waals surface area contributed by atoms with Crippen LogP contribution in [-0.2, 0) is 0 Å². The number of nitrogen functional groups attached to an aromatic ring is 1. The lowest BCUT2D eigenvalue weighted by Gasteiger charge is -2.08. The molecular weight excluding hydrogens is 214 g/mol. The van der Waals surface area contributed by atoms with E-state index in [2.05, 4.69) is 11.1 Å². The molecule has 1 aromatic carbocycles. The highest BCUT2D eigenvalue weighted by Crippen LogP contribution is 2.24. The second-order valence-electron chi connectivity index (χ2n) is 3.59. The smallest absolute Gasteiger partial charge is 0.221 e. The molecule has 2 N–H and O–H groups in total. The Morgan fingerprint density at radius 3 is 2.82 bits per heavy atom. The van der Waals surface area contributed by atoms with E-state index in [-0.39, 0.29) is 0 Å². The van der Waals surface area contributed by atoms with Crippen LogP contribution in [-0.4, -0.2) is 4.98 Å². The van der Waals surface area contributed by atoms with Gasteiger partial charge in [0, 0.05) is 6.07 Å². The SMILES string of the molecule is Cc1ccc(C#N)cc1Oc1cccc(N)n1. The van der Waals surface area contributed by atoms with Gasteiger partial charge in [-0.15, -0.1) is 0 Å². The third-order valence-corrected chi connectivity index (χ3v) is 2.28. The molecule has 0 aliphatic carbocycles. The molecule has 2 aromatic rings. The second kappa shape index (κ2) is 4.54. The second-order valence-corrected chi connectivity index (χ2v) is 3.59. The molecule has 0 spiro atoms. The number of aromatic nitrogens is 1. The fourth-order valence-electron chi connectivity index (χ4n) is 1.38. The molecule has 17 heavy (non-hydrogen) atoms. The van der Waals surface area contributed by atoms with Crippen LogP contribution in [0.1, 0.15) is 11.1 Å². The first-order valence-electron chi connectivity index (χ1n) is 5.10. The quantitative estimate of drug-likeness (QED) is 0.852. The molecule has 0 saturated heterocycles. The molecular formula is C13H11N3O. The minimum absolute atomic E-state index is 0.400. The molecule has 0 radical (unpaired) electrons. The molecule has 4 heteroatoms. The van der Waals surface area contributed by atoms with Gasteiger partial charge in [-0.1, -0.05) is 12.1 Å². The van der Waals surface area contributed by atoms with Crippen LogP contribution in [0.15, 0.2) is 36.4 Å². The van der Waals surface area contributed by atoms with Gasteiger partial charge in [-0.05, 0) is 30.7 Å². The average molecular weight is 225 g/mol. The molecule has 1 heterocycles. The van der Waals surface area contributed by atoms with Crippen LogP contribution in [0.4, 0.5) is 5.82 Å². The standard InChI is InChI=1S/C13H11N3O/c1-9-5-6-10(8-14)7-11(9)17-13-4-2-3-12(15)16-13/h2-7H,1H3,(H2,15,16). The number of nitrogens with zero attached hydrogens (tertiary/aromatic N) is 2. The number of ether oxygens (including phenoxy) is 1. The summed E-state index contributed by atoms with van der Waals surface area (Å²) in [5.41, 5.74) is 7.05. The van der Waals surface area contributed by atoms with Gasteiger partial charge < -0.3 is 10.5 Å². The van der Waals surface area contributed by atoms with Gasteiger partial charge in [0.1, 0.15) is 11.6 Å². The summed E-state index contributed by atoms with van der Waals surface area (Å²) in [7, 11) is 0. The Hall–Kier alpha value is -2.54. The summed E-state index contributed by atoms with van der Waals surface area (Å²) in [6, 6.07) is 12.5. The van der Waals surface area contributed by atoms with E-state index in [1.165, 1.54) is 0 Å². The highest BCUT2D eigenvalue weighted by Gasteiger charge is 2.04. The molecule has 0 saturated carbocycles. The van der Waals surface area contributed by atoms with E-state index in [0.29, 0.717) is 23.0 Å². The van der Waals surface area contributed by atoms with Crippen molar-refractivity contribution in [3.63, 3.8) is 0 Å².